The maximum Gasteiger partial charge on any atom is 0.182 e. The highest BCUT2D eigenvalue weighted by molar-refractivity contribution is 9.10. The highest BCUT2D eigenvalue weighted by atomic mass is 79.9. The zero-order valence-corrected chi connectivity index (χ0v) is 13.5. The lowest BCUT2D eigenvalue weighted by Crippen LogP contribution is -2.08. The number of carbonyl (C=O) groups excluding carboxylic acids is 1. The number of benzene rings is 1. The van der Waals surface area contributed by atoms with Crippen LogP contribution < -0.4 is 0 Å². The van der Waals surface area contributed by atoms with Gasteiger partial charge in [0.05, 0.1) is 5.52 Å². The van der Waals surface area contributed by atoms with Crippen LogP contribution in [0.15, 0.2) is 34.8 Å². The first-order chi connectivity index (χ1) is 10.2. The molecule has 0 saturated carbocycles. The van der Waals surface area contributed by atoms with Crippen molar-refractivity contribution in [3.8, 4) is 10.7 Å². The monoisotopic (exact) mass is 358 g/mol. The van der Waals surface area contributed by atoms with E-state index in [2.05, 4.69) is 27.0 Å². The van der Waals surface area contributed by atoms with Crippen molar-refractivity contribution >= 4 is 44.0 Å². The summed E-state index contributed by atoms with van der Waals surface area (Å²) >= 11 is 5.17. The third-order valence-corrected chi connectivity index (χ3v) is 5.38. The van der Waals surface area contributed by atoms with E-state index in [0.717, 1.165) is 43.8 Å². The summed E-state index contributed by atoms with van der Waals surface area (Å²) in [7, 11) is 0. The molecule has 0 radical (unpaired) electrons. The Morgan fingerprint density at radius 2 is 1.95 bits per heavy atom. The molecule has 0 fully saturated rings. The lowest BCUT2D eigenvalue weighted by Gasteiger charge is -2.06. The van der Waals surface area contributed by atoms with Gasteiger partial charge < -0.3 is 0 Å². The highest BCUT2D eigenvalue weighted by Crippen LogP contribution is 2.36. The smallest absolute Gasteiger partial charge is 0.182 e. The molecule has 1 aromatic carbocycles. The summed E-state index contributed by atoms with van der Waals surface area (Å²) < 4.78 is 0.916. The zero-order chi connectivity index (χ0) is 14.4. The summed E-state index contributed by atoms with van der Waals surface area (Å²) in [6, 6.07) is 10.1. The van der Waals surface area contributed by atoms with Crippen molar-refractivity contribution in [1.29, 1.82) is 0 Å². The number of halogens is 1. The first-order valence-corrected chi connectivity index (χ1v) is 8.42. The number of hydrogen-bond donors (Lipinski definition) is 0. The van der Waals surface area contributed by atoms with Crippen LogP contribution in [0.4, 0.5) is 0 Å². The van der Waals surface area contributed by atoms with Crippen LogP contribution in [-0.4, -0.2) is 15.8 Å². The Kier molecular flexibility index (Phi) is 3.12. The highest BCUT2D eigenvalue weighted by Gasteiger charge is 2.24. The summed E-state index contributed by atoms with van der Waals surface area (Å²) in [6.07, 6.45) is 2.49. The maximum atomic E-state index is 11.9. The molecule has 104 valence electrons. The summed E-state index contributed by atoms with van der Waals surface area (Å²) in [4.78, 5) is 22.3. The number of thiazole rings is 1. The number of aryl methyl sites for hydroxylation is 1. The van der Waals surface area contributed by atoms with E-state index in [4.69, 9.17) is 4.98 Å². The van der Waals surface area contributed by atoms with E-state index in [1.165, 1.54) is 0 Å². The molecular formula is C16H11BrN2OS. The van der Waals surface area contributed by atoms with Gasteiger partial charge in [0.1, 0.15) is 16.4 Å². The van der Waals surface area contributed by atoms with Crippen molar-refractivity contribution in [3.05, 3.63) is 45.4 Å². The Hall–Kier alpha value is -1.59. The van der Waals surface area contributed by atoms with Gasteiger partial charge in [-0.1, -0.05) is 18.2 Å². The summed E-state index contributed by atoms with van der Waals surface area (Å²) in [5, 5.41) is 1.92. The van der Waals surface area contributed by atoms with Crippen molar-refractivity contribution in [2.45, 2.75) is 19.3 Å². The number of pyridine rings is 1. The topological polar surface area (TPSA) is 42.9 Å². The zero-order valence-electron chi connectivity index (χ0n) is 11.1. The Morgan fingerprint density at radius 1 is 1.10 bits per heavy atom. The fourth-order valence-corrected chi connectivity index (χ4v) is 4.39. The van der Waals surface area contributed by atoms with Crippen molar-refractivity contribution in [1.82, 2.24) is 9.97 Å². The number of nitrogens with zero attached hydrogens (tertiary/aromatic N) is 2. The first kappa shape index (κ1) is 13.1. The van der Waals surface area contributed by atoms with Gasteiger partial charge >= 0.3 is 0 Å². The van der Waals surface area contributed by atoms with Gasteiger partial charge in [0.15, 0.2) is 5.78 Å². The predicted molar refractivity (Wildman–Crippen MR) is 87.8 cm³/mol. The predicted octanol–water partition coefficient (Wildman–Crippen LogP) is 4.64. The standard InChI is InChI=1S/C16H11BrN2OS/c17-10-8-9-4-1-2-5-11(9)18-14(10)16-19-15-12(20)6-3-7-13(15)21-16/h1-2,4-5,8H,3,6-7H2. The average molecular weight is 359 g/mol. The van der Waals surface area contributed by atoms with E-state index < -0.39 is 0 Å². The minimum atomic E-state index is 0.163. The van der Waals surface area contributed by atoms with E-state index >= 15 is 0 Å². The van der Waals surface area contributed by atoms with E-state index in [9.17, 15) is 4.79 Å². The van der Waals surface area contributed by atoms with Gasteiger partial charge in [-0.15, -0.1) is 11.3 Å². The molecule has 2 aromatic heterocycles. The van der Waals surface area contributed by atoms with Crippen LogP contribution in [-0.2, 0) is 6.42 Å². The van der Waals surface area contributed by atoms with Crippen LogP contribution in [0.2, 0.25) is 0 Å². The molecule has 0 saturated heterocycles. The second-order valence-electron chi connectivity index (χ2n) is 5.08. The quantitative estimate of drug-likeness (QED) is 0.636. The van der Waals surface area contributed by atoms with Gasteiger partial charge in [0, 0.05) is 21.2 Å². The molecule has 0 atom stereocenters. The van der Waals surface area contributed by atoms with Gasteiger partial charge in [-0.05, 0) is 40.9 Å². The fourth-order valence-electron chi connectivity index (χ4n) is 2.61. The van der Waals surface area contributed by atoms with Crippen molar-refractivity contribution in [3.63, 3.8) is 0 Å². The van der Waals surface area contributed by atoms with Crippen molar-refractivity contribution < 1.29 is 4.79 Å². The lowest BCUT2D eigenvalue weighted by atomic mass is 10.0. The SMILES string of the molecule is O=C1CCCc2sc(-c3nc4ccccc4cc3Br)nc21. The molecular weight excluding hydrogens is 348 g/mol. The molecule has 0 aliphatic heterocycles. The minimum Gasteiger partial charge on any atom is -0.292 e. The largest absolute Gasteiger partial charge is 0.292 e. The molecule has 5 heteroatoms. The summed E-state index contributed by atoms with van der Waals surface area (Å²) in [5.74, 6) is 0.163. The molecule has 0 N–H and O–H groups in total. The number of carbonyl (C=O) groups is 1. The Morgan fingerprint density at radius 3 is 2.81 bits per heavy atom. The van der Waals surface area contributed by atoms with Gasteiger partial charge in [0.2, 0.25) is 0 Å². The first-order valence-electron chi connectivity index (χ1n) is 6.81. The number of Topliss-reactive ketones (excluding diaryl/α,β-unsaturated/α-hetero) is 1. The van der Waals surface area contributed by atoms with E-state index in [1.54, 1.807) is 11.3 Å². The molecule has 1 aliphatic rings. The number of para-hydroxylation sites is 1. The van der Waals surface area contributed by atoms with E-state index in [1.807, 2.05) is 24.3 Å². The van der Waals surface area contributed by atoms with Crippen LogP contribution in [0.5, 0.6) is 0 Å². The number of fused-ring (bicyclic) bond motifs is 2. The molecule has 1 aliphatic carbocycles. The fraction of sp³-hybridized carbons (Fsp3) is 0.188. The number of rotatable bonds is 1. The van der Waals surface area contributed by atoms with Gasteiger partial charge in [0.25, 0.3) is 0 Å². The molecule has 2 heterocycles. The number of ketones is 1. The van der Waals surface area contributed by atoms with Crippen LogP contribution in [0.3, 0.4) is 0 Å². The van der Waals surface area contributed by atoms with Gasteiger partial charge in [-0.3, -0.25) is 4.79 Å². The maximum absolute atomic E-state index is 11.9. The Labute approximate surface area is 134 Å². The summed E-state index contributed by atoms with van der Waals surface area (Å²) in [6.45, 7) is 0. The second-order valence-corrected chi connectivity index (χ2v) is 7.02. The Balaban J connectivity index is 1.90. The van der Waals surface area contributed by atoms with E-state index in [0.29, 0.717) is 12.1 Å². The average Bonchev–Trinajstić information content (AvgIpc) is 2.92. The van der Waals surface area contributed by atoms with Gasteiger partial charge in [-0.25, -0.2) is 9.97 Å². The summed E-state index contributed by atoms with van der Waals surface area (Å²) in [5.41, 5.74) is 2.42. The molecule has 21 heavy (non-hydrogen) atoms. The molecule has 3 nitrogen and oxygen atoms in total. The number of aromatic nitrogens is 2. The number of hydrogen-bond acceptors (Lipinski definition) is 4. The van der Waals surface area contributed by atoms with E-state index in [-0.39, 0.29) is 5.78 Å². The third-order valence-electron chi connectivity index (χ3n) is 3.65. The third kappa shape index (κ3) is 2.21. The normalized spacial score (nSPS) is 14.4. The Bertz CT molecular complexity index is 872. The minimum absolute atomic E-state index is 0.163. The van der Waals surface area contributed by atoms with Crippen LogP contribution in [0.25, 0.3) is 21.6 Å². The van der Waals surface area contributed by atoms with Crippen molar-refractivity contribution in [2.75, 3.05) is 0 Å². The van der Waals surface area contributed by atoms with Gasteiger partial charge in [-0.2, -0.15) is 0 Å². The molecule has 0 spiro atoms. The second kappa shape index (κ2) is 5.00. The molecule has 0 unspecified atom stereocenters. The molecule has 4 rings (SSSR count). The van der Waals surface area contributed by atoms with Crippen molar-refractivity contribution in [2.24, 2.45) is 0 Å². The molecule has 0 amide bonds. The lowest BCUT2D eigenvalue weighted by molar-refractivity contribution is 0.0968. The molecule has 0 bridgehead atoms. The van der Waals surface area contributed by atoms with Crippen LogP contribution >= 0.6 is 27.3 Å². The molecule has 3 aromatic rings. The van der Waals surface area contributed by atoms with Crippen LogP contribution in [0, 0.1) is 0 Å². The van der Waals surface area contributed by atoms with Crippen LogP contribution in [0.1, 0.15) is 28.2 Å².